The van der Waals surface area contributed by atoms with Crippen LogP contribution in [0.15, 0.2) is 59.7 Å². The topological polar surface area (TPSA) is 56.9 Å². The molecule has 4 rings (SSSR count). The summed E-state index contributed by atoms with van der Waals surface area (Å²) in [6.45, 7) is 9.99. The van der Waals surface area contributed by atoms with Gasteiger partial charge in [-0.15, -0.1) is 0 Å². The molecular formula is C24H27N5O. The fourth-order valence-corrected chi connectivity index (χ4v) is 3.70. The van der Waals surface area contributed by atoms with Gasteiger partial charge < -0.3 is 19.5 Å². The summed E-state index contributed by atoms with van der Waals surface area (Å²) in [5.41, 5.74) is 4.92. The minimum Gasteiger partial charge on any atom is -0.508 e. The van der Waals surface area contributed by atoms with E-state index in [1.54, 1.807) is 12.1 Å². The zero-order valence-electron chi connectivity index (χ0n) is 17.5. The van der Waals surface area contributed by atoms with Gasteiger partial charge in [0.1, 0.15) is 11.6 Å². The summed E-state index contributed by atoms with van der Waals surface area (Å²) in [5.74, 6) is 1.10. The van der Waals surface area contributed by atoms with Crippen molar-refractivity contribution >= 4 is 24.3 Å². The third-order valence-corrected chi connectivity index (χ3v) is 5.60. The highest BCUT2D eigenvalue weighted by Crippen LogP contribution is 2.27. The maximum atomic E-state index is 9.58. The van der Waals surface area contributed by atoms with Gasteiger partial charge in [-0.3, -0.25) is 4.99 Å². The molecule has 1 aliphatic heterocycles. The summed E-state index contributed by atoms with van der Waals surface area (Å²) < 4.78 is 2.00. The summed E-state index contributed by atoms with van der Waals surface area (Å²) in [5, 5.41) is 9.58. The number of phenolic OH excluding ortho intramolecular Hbond substituents is 1. The van der Waals surface area contributed by atoms with E-state index in [9.17, 15) is 5.11 Å². The molecule has 30 heavy (non-hydrogen) atoms. The fourth-order valence-electron chi connectivity index (χ4n) is 3.70. The van der Waals surface area contributed by atoms with E-state index in [0.717, 1.165) is 54.5 Å². The maximum absolute atomic E-state index is 9.58. The summed E-state index contributed by atoms with van der Waals surface area (Å²) in [6.07, 6.45) is 3.79. The lowest BCUT2D eigenvalue weighted by Crippen LogP contribution is -2.44. The molecule has 1 aromatic heterocycles. The van der Waals surface area contributed by atoms with Crippen molar-refractivity contribution in [2.75, 3.05) is 38.1 Å². The number of aliphatic imine (C=N–C) groups is 1. The van der Waals surface area contributed by atoms with Crippen molar-refractivity contribution in [3.8, 4) is 17.0 Å². The normalized spacial score (nSPS) is 15.4. The number of hydrogen-bond acceptors (Lipinski definition) is 5. The molecule has 0 radical (unpaired) electrons. The number of likely N-dealkylation sites (N-methyl/N-ethyl adjacent to an activating group) is 1. The fraction of sp³-hybridized carbons (Fsp3) is 0.250. The molecule has 6 nitrogen and oxygen atoms in total. The first-order chi connectivity index (χ1) is 14.5. The van der Waals surface area contributed by atoms with Gasteiger partial charge >= 0.3 is 0 Å². The molecule has 0 aliphatic carbocycles. The molecule has 1 aliphatic rings. The van der Waals surface area contributed by atoms with Crippen LogP contribution >= 0.6 is 0 Å². The molecular weight excluding hydrogens is 374 g/mol. The number of piperazine rings is 1. The van der Waals surface area contributed by atoms with Crippen LogP contribution in [0.5, 0.6) is 5.75 Å². The van der Waals surface area contributed by atoms with Crippen LogP contribution in [-0.4, -0.2) is 59.5 Å². The lowest BCUT2D eigenvalue weighted by atomic mass is 10.1. The summed E-state index contributed by atoms with van der Waals surface area (Å²) >= 11 is 0. The Balaban J connectivity index is 1.62. The Kier molecular flexibility index (Phi) is 5.68. The van der Waals surface area contributed by atoms with Gasteiger partial charge in [-0.25, -0.2) is 4.98 Å². The molecule has 0 unspecified atom stereocenters. The Morgan fingerprint density at radius 2 is 1.70 bits per heavy atom. The predicted molar refractivity (Wildman–Crippen MR) is 124 cm³/mol. The van der Waals surface area contributed by atoms with Crippen molar-refractivity contribution in [2.45, 2.75) is 6.92 Å². The van der Waals surface area contributed by atoms with Gasteiger partial charge in [-0.2, -0.15) is 0 Å². The van der Waals surface area contributed by atoms with Crippen LogP contribution in [0, 0.1) is 6.92 Å². The van der Waals surface area contributed by atoms with Crippen LogP contribution in [0.4, 0.5) is 5.69 Å². The Morgan fingerprint density at radius 3 is 2.33 bits per heavy atom. The molecule has 0 bridgehead atoms. The minimum absolute atomic E-state index is 0.242. The second-order valence-corrected chi connectivity index (χ2v) is 7.62. The second kappa shape index (κ2) is 8.55. The van der Waals surface area contributed by atoms with E-state index in [0.29, 0.717) is 0 Å². The van der Waals surface area contributed by atoms with E-state index >= 15 is 0 Å². The van der Waals surface area contributed by atoms with Crippen molar-refractivity contribution in [1.29, 1.82) is 0 Å². The molecule has 1 N–H and O–H groups in total. The Bertz CT molecular complexity index is 1040. The number of aromatic hydroxyl groups is 1. The molecule has 0 amide bonds. The molecule has 154 valence electrons. The largest absolute Gasteiger partial charge is 0.508 e. The third-order valence-electron chi connectivity index (χ3n) is 5.60. The molecule has 1 fully saturated rings. The third kappa shape index (κ3) is 4.14. The number of phenols is 1. The number of hydrogen-bond donors (Lipinski definition) is 1. The Hall–Kier alpha value is -3.38. The first-order valence-corrected chi connectivity index (χ1v) is 10.1. The molecule has 0 saturated carbocycles. The standard InChI is InChI=1S/C24H27N5O/c1-18-26-16-24(20-6-10-22(30)11-7-20)29(18)17-23(25-2)19-4-8-21(9-5-19)28-14-12-27(3)13-15-28/h4-11,16-17,30H,2,12-15H2,1,3H3/b23-17-. The summed E-state index contributed by atoms with van der Waals surface area (Å²) in [6, 6.07) is 15.6. The number of aromatic nitrogens is 2. The van der Waals surface area contributed by atoms with E-state index in [-0.39, 0.29) is 5.75 Å². The SMILES string of the molecule is C=N/C(=C\n1c(-c2ccc(O)cc2)cnc1C)c1ccc(N2CCN(C)CC2)cc1. The summed E-state index contributed by atoms with van der Waals surface area (Å²) in [4.78, 5) is 13.5. The van der Waals surface area contributed by atoms with Crippen LogP contribution in [0.3, 0.4) is 0 Å². The number of nitrogens with zero attached hydrogens (tertiary/aromatic N) is 5. The highest BCUT2D eigenvalue weighted by molar-refractivity contribution is 5.79. The number of anilines is 1. The van der Waals surface area contributed by atoms with Crippen LogP contribution in [0.2, 0.25) is 0 Å². The quantitative estimate of drug-likeness (QED) is 0.657. The van der Waals surface area contributed by atoms with Crippen molar-refractivity contribution < 1.29 is 5.11 Å². The van der Waals surface area contributed by atoms with Crippen LogP contribution in [-0.2, 0) is 0 Å². The molecule has 0 spiro atoms. The van der Waals surface area contributed by atoms with Gasteiger partial charge in [0.25, 0.3) is 0 Å². The Labute approximate surface area is 177 Å². The monoisotopic (exact) mass is 401 g/mol. The lowest BCUT2D eigenvalue weighted by Gasteiger charge is -2.34. The molecule has 0 atom stereocenters. The van der Waals surface area contributed by atoms with Gasteiger partial charge in [0.15, 0.2) is 0 Å². The van der Waals surface area contributed by atoms with E-state index in [4.69, 9.17) is 0 Å². The Morgan fingerprint density at radius 1 is 1.03 bits per heavy atom. The van der Waals surface area contributed by atoms with Crippen molar-refractivity contribution in [1.82, 2.24) is 14.5 Å². The number of rotatable bonds is 5. The highest BCUT2D eigenvalue weighted by atomic mass is 16.3. The van der Waals surface area contributed by atoms with E-state index in [1.165, 1.54) is 5.69 Å². The smallest absolute Gasteiger partial charge is 0.115 e. The zero-order chi connectivity index (χ0) is 21.1. The average molecular weight is 402 g/mol. The van der Waals surface area contributed by atoms with E-state index in [2.05, 4.69) is 57.8 Å². The van der Waals surface area contributed by atoms with Gasteiger partial charge in [-0.1, -0.05) is 12.1 Å². The second-order valence-electron chi connectivity index (χ2n) is 7.62. The van der Waals surface area contributed by atoms with Crippen molar-refractivity contribution in [3.05, 3.63) is 66.1 Å². The lowest BCUT2D eigenvalue weighted by molar-refractivity contribution is 0.313. The summed E-state index contributed by atoms with van der Waals surface area (Å²) in [7, 11) is 2.16. The van der Waals surface area contributed by atoms with Gasteiger partial charge in [-0.05, 0) is 57.1 Å². The van der Waals surface area contributed by atoms with E-state index < -0.39 is 0 Å². The number of benzene rings is 2. The van der Waals surface area contributed by atoms with Crippen molar-refractivity contribution in [3.63, 3.8) is 0 Å². The van der Waals surface area contributed by atoms with Gasteiger partial charge in [0, 0.05) is 49.2 Å². The van der Waals surface area contributed by atoms with Gasteiger partial charge in [0.05, 0.1) is 17.6 Å². The van der Waals surface area contributed by atoms with Crippen molar-refractivity contribution in [2.24, 2.45) is 4.99 Å². The highest BCUT2D eigenvalue weighted by Gasteiger charge is 2.14. The first kappa shape index (κ1) is 19.9. The molecule has 6 heteroatoms. The molecule has 3 aromatic rings. The van der Waals surface area contributed by atoms with Crippen LogP contribution < -0.4 is 4.90 Å². The molecule has 2 aromatic carbocycles. The van der Waals surface area contributed by atoms with Crippen LogP contribution in [0.25, 0.3) is 23.2 Å². The number of imidazole rings is 1. The zero-order valence-corrected chi connectivity index (χ0v) is 17.5. The molecule has 2 heterocycles. The first-order valence-electron chi connectivity index (χ1n) is 10.1. The molecule has 1 saturated heterocycles. The maximum Gasteiger partial charge on any atom is 0.115 e. The minimum atomic E-state index is 0.242. The van der Waals surface area contributed by atoms with E-state index in [1.807, 2.05) is 36.0 Å². The average Bonchev–Trinajstić information content (AvgIpc) is 3.13. The number of aryl methyl sites for hydroxylation is 1. The van der Waals surface area contributed by atoms with Crippen LogP contribution in [0.1, 0.15) is 11.4 Å². The predicted octanol–water partition coefficient (Wildman–Crippen LogP) is 3.97. The van der Waals surface area contributed by atoms with Gasteiger partial charge in [0.2, 0.25) is 0 Å².